The van der Waals surface area contributed by atoms with E-state index in [1.54, 1.807) is 0 Å². The summed E-state index contributed by atoms with van der Waals surface area (Å²) in [6.45, 7) is 7.61. The van der Waals surface area contributed by atoms with Gasteiger partial charge < -0.3 is 9.72 Å². The highest BCUT2D eigenvalue weighted by Crippen LogP contribution is 2.31. The summed E-state index contributed by atoms with van der Waals surface area (Å²) in [7, 11) is 0. The van der Waals surface area contributed by atoms with Gasteiger partial charge in [0, 0.05) is 17.7 Å². The number of hydrogen-bond acceptors (Lipinski definition) is 6. The van der Waals surface area contributed by atoms with E-state index in [1.165, 1.54) is 0 Å². The van der Waals surface area contributed by atoms with Gasteiger partial charge >= 0.3 is 0 Å². The monoisotopic (exact) mass is 422 g/mol. The fourth-order valence-electron chi connectivity index (χ4n) is 4.85. The molecule has 3 aromatic rings. The normalized spacial score (nSPS) is 21.7. The summed E-state index contributed by atoms with van der Waals surface area (Å²) in [6.07, 6.45) is 4.42. The Morgan fingerprint density at radius 3 is 2.84 bits per heavy atom. The van der Waals surface area contributed by atoms with Gasteiger partial charge in [0.15, 0.2) is 5.82 Å². The number of rotatable bonds is 5. The zero-order valence-electron chi connectivity index (χ0n) is 18.3. The number of likely N-dealkylation sites (tertiary alicyclic amines) is 1. The van der Waals surface area contributed by atoms with Crippen LogP contribution >= 0.6 is 0 Å². The van der Waals surface area contributed by atoms with Gasteiger partial charge in [-0.05, 0) is 85.6 Å². The third kappa shape index (κ3) is 4.14. The summed E-state index contributed by atoms with van der Waals surface area (Å²) in [5.74, 6) is 1.42. The first-order valence-corrected chi connectivity index (χ1v) is 11.3. The van der Waals surface area contributed by atoms with Crippen LogP contribution in [0, 0.1) is 12.8 Å². The molecule has 2 fully saturated rings. The van der Waals surface area contributed by atoms with Gasteiger partial charge in [-0.15, -0.1) is 5.10 Å². The Balaban J connectivity index is 1.59. The average Bonchev–Trinajstić information content (AvgIpc) is 3.43. The first-order chi connectivity index (χ1) is 15.1. The number of nitrogens with one attached hydrogen (secondary N) is 1. The average molecular weight is 423 g/mol. The van der Waals surface area contributed by atoms with Gasteiger partial charge in [-0.25, -0.2) is 4.68 Å². The lowest BCUT2D eigenvalue weighted by Gasteiger charge is -2.36. The summed E-state index contributed by atoms with van der Waals surface area (Å²) in [6, 6.07) is 7.84. The maximum atomic E-state index is 13.2. The first-order valence-electron chi connectivity index (χ1n) is 11.3. The number of benzene rings is 1. The van der Waals surface area contributed by atoms with Gasteiger partial charge in [-0.2, -0.15) is 0 Å². The van der Waals surface area contributed by atoms with Crippen LogP contribution in [-0.2, 0) is 11.3 Å². The molecule has 5 rings (SSSR count). The summed E-state index contributed by atoms with van der Waals surface area (Å²) >= 11 is 0. The van der Waals surface area contributed by atoms with Crippen LogP contribution in [0.5, 0.6) is 0 Å². The van der Waals surface area contributed by atoms with Crippen molar-refractivity contribution in [1.29, 1.82) is 0 Å². The SMILES string of the molecule is Cc1ccc2[nH]c(=O)c([C@@H](c3nnnn3C[C@@H]3CCCO3)N3CCC(C)CC3)cc2c1. The van der Waals surface area contributed by atoms with E-state index >= 15 is 0 Å². The zero-order valence-corrected chi connectivity index (χ0v) is 18.3. The van der Waals surface area contributed by atoms with E-state index in [0.29, 0.717) is 18.0 Å². The molecule has 1 aromatic carbocycles. The summed E-state index contributed by atoms with van der Waals surface area (Å²) in [4.78, 5) is 18.7. The smallest absolute Gasteiger partial charge is 0.253 e. The summed E-state index contributed by atoms with van der Waals surface area (Å²) in [5.41, 5.74) is 2.64. The van der Waals surface area contributed by atoms with Gasteiger partial charge in [-0.1, -0.05) is 18.6 Å². The number of fused-ring (bicyclic) bond motifs is 1. The number of aromatic nitrogens is 5. The van der Waals surface area contributed by atoms with Gasteiger partial charge in [-0.3, -0.25) is 9.69 Å². The highest BCUT2D eigenvalue weighted by molar-refractivity contribution is 5.79. The molecule has 0 amide bonds. The standard InChI is InChI=1S/C23H30N6O2/c1-15-7-9-28(10-8-15)21(22-25-26-27-29(22)14-18-4-3-11-31-18)19-13-17-12-16(2)5-6-20(17)24-23(19)30/h5-6,12-13,15,18,21H,3-4,7-11,14H2,1-2H3,(H,24,30)/t18-,21-/m0/s1. The number of H-pyrrole nitrogens is 1. The quantitative estimate of drug-likeness (QED) is 0.680. The first kappa shape index (κ1) is 20.3. The molecule has 1 N–H and O–H groups in total. The lowest BCUT2D eigenvalue weighted by Crippen LogP contribution is -2.40. The molecule has 4 heterocycles. The number of aromatic amines is 1. The molecule has 8 nitrogen and oxygen atoms in total. The Kier molecular flexibility index (Phi) is 5.58. The van der Waals surface area contributed by atoms with E-state index < -0.39 is 0 Å². The maximum absolute atomic E-state index is 13.2. The Morgan fingerprint density at radius 1 is 1.23 bits per heavy atom. The zero-order chi connectivity index (χ0) is 21.4. The van der Waals surface area contributed by atoms with E-state index in [1.807, 2.05) is 22.9 Å². The molecule has 0 aliphatic carbocycles. The lowest BCUT2D eigenvalue weighted by atomic mass is 9.95. The molecule has 2 aromatic heterocycles. The van der Waals surface area contributed by atoms with E-state index in [-0.39, 0.29) is 17.7 Å². The van der Waals surface area contributed by atoms with Crippen molar-refractivity contribution < 1.29 is 4.74 Å². The molecular weight excluding hydrogens is 392 g/mol. The number of tetrazole rings is 1. The van der Waals surface area contributed by atoms with Crippen LogP contribution in [0.1, 0.15) is 55.6 Å². The molecule has 2 aliphatic rings. The van der Waals surface area contributed by atoms with Gasteiger partial charge in [0.25, 0.3) is 5.56 Å². The van der Waals surface area contributed by atoms with E-state index in [9.17, 15) is 4.79 Å². The van der Waals surface area contributed by atoms with Crippen molar-refractivity contribution in [2.75, 3.05) is 19.7 Å². The molecule has 2 atom stereocenters. The van der Waals surface area contributed by atoms with Crippen LogP contribution in [0.25, 0.3) is 10.9 Å². The van der Waals surface area contributed by atoms with Gasteiger partial charge in [0.2, 0.25) is 0 Å². The molecule has 0 spiro atoms. The maximum Gasteiger partial charge on any atom is 0.253 e. The van der Waals surface area contributed by atoms with Crippen LogP contribution in [0.15, 0.2) is 29.1 Å². The Bertz CT molecular complexity index is 1110. The van der Waals surface area contributed by atoms with Crippen molar-refractivity contribution in [2.45, 2.75) is 58.2 Å². The van der Waals surface area contributed by atoms with E-state index in [0.717, 1.165) is 67.7 Å². The highest BCUT2D eigenvalue weighted by atomic mass is 16.5. The molecule has 31 heavy (non-hydrogen) atoms. The lowest BCUT2D eigenvalue weighted by molar-refractivity contribution is 0.0894. The predicted octanol–water partition coefficient (Wildman–Crippen LogP) is 2.82. The second-order valence-corrected chi connectivity index (χ2v) is 9.12. The minimum Gasteiger partial charge on any atom is -0.376 e. The summed E-state index contributed by atoms with van der Waals surface area (Å²) in [5, 5.41) is 13.7. The third-order valence-electron chi connectivity index (χ3n) is 6.71. The molecule has 0 saturated carbocycles. The molecule has 164 valence electrons. The topological polar surface area (TPSA) is 88.9 Å². The largest absolute Gasteiger partial charge is 0.376 e. The number of nitrogens with zero attached hydrogens (tertiary/aromatic N) is 5. The number of aryl methyl sites for hydroxylation is 1. The number of ether oxygens (including phenoxy) is 1. The van der Waals surface area contributed by atoms with Crippen LogP contribution < -0.4 is 5.56 Å². The Morgan fingerprint density at radius 2 is 2.06 bits per heavy atom. The van der Waals surface area contributed by atoms with Crippen molar-refractivity contribution >= 4 is 10.9 Å². The molecule has 0 bridgehead atoms. The van der Waals surface area contributed by atoms with Crippen LogP contribution in [0.4, 0.5) is 0 Å². The van der Waals surface area contributed by atoms with Crippen LogP contribution in [0.3, 0.4) is 0 Å². The minimum absolute atomic E-state index is 0.0772. The molecule has 0 radical (unpaired) electrons. The van der Waals surface area contributed by atoms with Crippen molar-refractivity contribution in [3.05, 3.63) is 51.6 Å². The molecule has 2 aliphatic heterocycles. The third-order valence-corrected chi connectivity index (χ3v) is 6.71. The highest BCUT2D eigenvalue weighted by Gasteiger charge is 2.33. The Labute approximate surface area is 181 Å². The molecule has 8 heteroatoms. The van der Waals surface area contributed by atoms with Crippen LogP contribution in [0.2, 0.25) is 0 Å². The summed E-state index contributed by atoms with van der Waals surface area (Å²) < 4.78 is 7.67. The fourth-order valence-corrected chi connectivity index (χ4v) is 4.85. The fraction of sp³-hybridized carbons (Fsp3) is 0.565. The second kappa shape index (κ2) is 8.51. The van der Waals surface area contributed by atoms with Crippen LogP contribution in [-0.4, -0.2) is 55.9 Å². The van der Waals surface area contributed by atoms with E-state index in [4.69, 9.17) is 4.74 Å². The van der Waals surface area contributed by atoms with Crippen molar-refractivity contribution in [3.8, 4) is 0 Å². The van der Waals surface area contributed by atoms with Gasteiger partial charge in [0.1, 0.15) is 6.04 Å². The van der Waals surface area contributed by atoms with Crippen molar-refractivity contribution in [2.24, 2.45) is 5.92 Å². The second-order valence-electron chi connectivity index (χ2n) is 9.12. The number of piperidine rings is 1. The Hall–Kier alpha value is -2.58. The molecular formula is C23H30N6O2. The number of hydrogen-bond donors (Lipinski definition) is 1. The van der Waals surface area contributed by atoms with Crippen molar-refractivity contribution in [1.82, 2.24) is 30.1 Å². The van der Waals surface area contributed by atoms with Gasteiger partial charge in [0.05, 0.1) is 12.6 Å². The predicted molar refractivity (Wildman–Crippen MR) is 118 cm³/mol. The molecule has 0 unspecified atom stereocenters. The van der Waals surface area contributed by atoms with E-state index in [2.05, 4.69) is 45.3 Å². The van der Waals surface area contributed by atoms with Crippen molar-refractivity contribution in [3.63, 3.8) is 0 Å². The molecule has 2 saturated heterocycles. The minimum atomic E-state index is -0.280. The number of pyridine rings is 1.